The number of halogens is 2. The Hall–Kier alpha value is -1.44. The van der Waals surface area contributed by atoms with E-state index in [-0.39, 0.29) is 18.8 Å². The Kier molecular flexibility index (Phi) is 7.50. The highest BCUT2D eigenvalue weighted by atomic mass is 79.9. The van der Waals surface area contributed by atoms with E-state index >= 15 is 0 Å². The standard InChI is InChI=1S/C14H16BrN3O3.ClH/c1-18(6-5-14(19)20)9-13-16-12(17-21-13)8-10-3-2-4-11(15)7-10;/h2-4,7H,5-6,8-9H2,1H3,(H,19,20);1H. The first-order valence-electron chi connectivity index (χ1n) is 6.49. The molecule has 0 spiro atoms. The summed E-state index contributed by atoms with van der Waals surface area (Å²) in [5.41, 5.74) is 1.09. The number of hydrogen-bond donors (Lipinski definition) is 1. The van der Waals surface area contributed by atoms with Gasteiger partial charge in [-0.2, -0.15) is 4.98 Å². The lowest BCUT2D eigenvalue weighted by Gasteiger charge is -2.11. The zero-order valence-electron chi connectivity index (χ0n) is 12.0. The average Bonchev–Trinajstić information content (AvgIpc) is 2.83. The normalized spacial score (nSPS) is 10.5. The molecule has 120 valence electrons. The molecule has 0 aliphatic heterocycles. The zero-order valence-corrected chi connectivity index (χ0v) is 14.4. The number of benzene rings is 1. The molecule has 0 fully saturated rings. The van der Waals surface area contributed by atoms with Gasteiger partial charge in [0.25, 0.3) is 0 Å². The van der Waals surface area contributed by atoms with E-state index in [2.05, 4.69) is 26.1 Å². The molecule has 22 heavy (non-hydrogen) atoms. The Morgan fingerprint density at radius 2 is 2.23 bits per heavy atom. The van der Waals surface area contributed by atoms with Gasteiger partial charge in [0, 0.05) is 17.4 Å². The van der Waals surface area contributed by atoms with Crippen molar-refractivity contribution in [2.75, 3.05) is 13.6 Å². The van der Waals surface area contributed by atoms with Gasteiger partial charge in [0.2, 0.25) is 5.89 Å². The topological polar surface area (TPSA) is 79.5 Å². The molecule has 2 aromatic rings. The number of carbonyl (C=O) groups is 1. The van der Waals surface area contributed by atoms with Crippen LogP contribution in [-0.4, -0.2) is 39.7 Å². The molecule has 0 aliphatic rings. The maximum absolute atomic E-state index is 10.5. The van der Waals surface area contributed by atoms with Crippen molar-refractivity contribution in [2.45, 2.75) is 19.4 Å². The number of aromatic nitrogens is 2. The van der Waals surface area contributed by atoms with Crippen LogP contribution in [0.25, 0.3) is 0 Å². The van der Waals surface area contributed by atoms with E-state index in [1.54, 1.807) is 0 Å². The van der Waals surface area contributed by atoms with Crippen molar-refractivity contribution >= 4 is 34.3 Å². The summed E-state index contributed by atoms with van der Waals surface area (Å²) in [5.74, 6) is 0.297. The van der Waals surface area contributed by atoms with Crippen LogP contribution in [-0.2, 0) is 17.8 Å². The van der Waals surface area contributed by atoms with E-state index in [4.69, 9.17) is 9.63 Å². The first-order valence-corrected chi connectivity index (χ1v) is 7.28. The van der Waals surface area contributed by atoms with Gasteiger partial charge in [0.05, 0.1) is 13.0 Å². The second-order valence-corrected chi connectivity index (χ2v) is 5.71. The minimum atomic E-state index is -0.817. The highest BCUT2D eigenvalue weighted by molar-refractivity contribution is 9.10. The lowest BCUT2D eigenvalue weighted by molar-refractivity contribution is -0.137. The minimum absolute atomic E-state index is 0. The molecule has 1 aromatic heterocycles. The average molecular weight is 391 g/mol. The van der Waals surface area contributed by atoms with E-state index in [1.807, 2.05) is 36.2 Å². The van der Waals surface area contributed by atoms with Crippen LogP contribution in [0.4, 0.5) is 0 Å². The molecule has 0 unspecified atom stereocenters. The van der Waals surface area contributed by atoms with E-state index in [0.29, 0.717) is 31.2 Å². The lowest BCUT2D eigenvalue weighted by Crippen LogP contribution is -2.21. The Labute approximate surface area is 143 Å². The molecular weight excluding hydrogens is 374 g/mol. The number of carboxylic acids is 1. The van der Waals surface area contributed by atoms with Crippen molar-refractivity contribution in [1.82, 2.24) is 15.0 Å². The van der Waals surface area contributed by atoms with Crippen LogP contribution in [0.5, 0.6) is 0 Å². The third-order valence-electron chi connectivity index (χ3n) is 2.87. The Bertz CT molecular complexity index is 621. The van der Waals surface area contributed by atoms with E-state index in [0.717, 1.165) is 10.0 Å². The van der Waals surface area contributed by atoms with E-state index in [9.17, 15) is 4.79 Å². The number of hydrogen-bond acceptors (Lipinski definition) is 5. The molecule has 2 rings (SSSR count). The van der Waals surface area contributed by atoms with Crippen LogP contribution in [0.2, 0.25) is 0 Å². The first-order chi connectivity index (χ1) is 10.0. The van der Waals surface area contributed by atoms with E-state index in [1.165, 1.54) is 0 Å². The monoisotopic (exact) mass is 389 g/mol. The summed E-state index contributed by atoms with van der Waals surface area (Å²) < 4.78 is 6.19. The van der Waals surface area contributed by atoms with Crippen LogP contribution in [0.15, 0.2) is 33.3 Å². The van der Waals surface area contributed by atoms with Gasteiger partial charge in [-0.1, -0.05) is 33.2 Å². The van der Waals surface area contributed by atoms with Gasteiger partial charge in [0.15, 0.2) is 5.82 Å². The van der Waals surface area contributed by atoms with Gasteiger partial charge in [0.1, 0.15) is 0 Å². The molecule has 0 saturated heterocycles. The Morgan fingerprint density at radius 1 is 1.45 bits per heavy atom. The molecule has 0 saturated carbocycles. The fraction of sp³-hybridized carbons (Fsp3) is 0.357. The van der Waals surface area contributed by atoms with Gasteiger partial charge in [-0.05, 0) is 24.7 Å². The number of aliphatic carboxylic acids is 1. The number of carboxylic acid groups (broad SMARTS) is 1. The first kappa shape index (κ1) is 18.6. The second kappa shape index (κ2) is 8.87. The molecule has 8 heteroatoms. The van der Waals surface area contributed by atoms with Crippen molar-refractivity contribution in [3.63, 3.8) is 0 Å². The van der Waals surface area contributed by atoms with Crippen molar-refractivity contribution < 1.29 is 14.4 Å². The third-order valence-corrected chi connectivity index (χ3v) is 3.37. The molecule has 1 N–H and O–H groups in total. The highest BCUT2D eigenvalue weighted by Crippen LogP contribution is 2.14. The molecule has 0 radical (unpaired) electrons. The van der Waals surface area contributed by atoms with Crippen LogP contribution in [0, 0.1) is 0 Å². The summed E-state index contributed by atoms with van der Waals surface area (Å²) in [6.45, 7) is 0.886. The fourth-order valence-corrected chi connectivity index (χ4v) is 2.30. The lowest BCUT2D eigenvalue weighted by atomic mass is 10.1. The second-order valence-electron chi connectivity index (χ2n) is 4.79. The Balaban J connectivity index is 0.00000242. The molecule has 1 heterocycles. The van der Waals surface area contributed by atoms with Gasteiger partial charge in [-0.15, -0.1) is 12.4 Å². The predicted octanol–water partition coefficient (Wildman–Crippen LogP) is 2.75. The summed E-state index contributed by atoms with van der Waals surface area (Å²) in [4.78, 5) is 16.7. The number of rotatable bonds is 7. The van der Waals surface area contributed by atoms with Crippen LogP contribution in [0.1, 0.15) is 23.7 Å². The fourth-order valence-electron chi connectivity index (χ4n) is 1.85. The quantitative estimate of drug-likeness (QED) is 0.783. The SMILES string of the molecule is CN(CCC(=O)O)Cc1nc(Cc2cccc(Br)c2)no1.Cl. The van der Waals surface area contributed by atoms with Crippen LogP contribution in [0.3, 0.4) is 0 Å². The van der Waals surface area contributed by atoms with Crippen LogP contribution < -0.4 is 0 Å². The predicted molar refractivity (Wildman–Crippen MR) is 87.1 cm³/mol. The summed E-state index contributed by atoms with van der Waals surface area (Å²) in [7, 11) is 1.82. The van der Waals surface area contributed by atoms with Gasteiger partial charge >= 0.3 is 5.97 Å². The smallest absolute Gasteiger partial charge is 0.304 e. The van der Waals surface area contributed by atoms with Crippen LogP contribution >= 0.6 is 28.3 Å². The van der Waals surface area contributed by atoms with E-state index < -0.39 is 5.97 Å². The maximum atomic E-state index is 10.5. The largest absolute Gasteiger partial charge is 0.481 e. The molecule has 6 nitrogen and oxygen atoms in total. The van der Waals surface area contributed by atoms with Crippen molar-refractivity contribution in [2.24, 2.45) is 0 Å². The summed E-state index contributed by atoms with van der Waals surface area (Å²) in [6.07, 6.45) is 0.692. The molecule has 0 amide bonds. The summed E-state index contributed by atoms with van der Waals surface area (Å²) in [6, 6.07) is 7.93. The zero-order chi connectivity index (χ0) is 15.2. The molecule has 1 aromatic carbocycles. The minimum Gasteiger partial charge on any atom is -0.481 e. The molecular formula is C14H17BrClN3O3. The molecule has 0 atom stereocenters. The maximum Gasteiger partial charge on any atom is 0.304 e. The highest BCUT2D eigenvalue weighted by Gasteiger charge is 2.10. The van der Waals surface area contributed by atoms with Gasteiger partial charge in [-0.25, -0.2) is 0 Å². The van der Waals surface area contributed by atoms with Crippen molar-refractivity contribution in [1.29, 1.82) is 0 Å². The summed E-state index contributed by atoms with van der Waals surface area (Å²) >= 11 is 3.42. The summed E-state index contributed by atoms with van der Waals surface area (Å²) in [5, 5.41) is 12.6. The van der Waals surface area contributed by atoms with Crippen molar-refractivity contribution in [3.8, 4) is 0 Å². The van der Waals surface area contributed by atoms with Crippen molar-refractivity contribution in [3.05, 3.63) is 46.0 Å². The third kappa shape index (κ3) is 6.13. The van der Waals surface area contributed by atoms with Gasteiger partial charge < -0.3 is 9.63 Å². The Morgan fingerprint density at radius 3 is 2.91 bits per heavy atom. The molecule has 0 bridgehead atoms. The number of nitrogens with zero attached hydrogens (tertiary/aromatic N) is 3. The molecule has 0 aliphatic carbocycles. The van der Waals surface area contributed by atoms with Gasteiger partial charge in [-0.3, -0.25) is 9.69 Å².